The van der Waals surface area contributed by atoms with Crippen LogP contribution in [0.2, 0.25) is 0 Å². The summed E-state index contributed by atoms with van der Waals surface area (Å²) in [6, 6.07) is 0. The molecule has 0 aromatic rings. The van der Waals surface area contributed by atoms with Crippen LogP contribution in [0.25, 0.3) is 0 Å². The van der Waals surface area contributed by atoms with Gasteiger partial charge in [0.1, 0.15) is 6.10 Å². The van der Waals surface area contributed by atoms with Crippen LogP contribution in [0.1, 0.15) is 111 Å². The van der Waals surface area contributed by atoms with Crippen LogP contribution in [-0.2, 0) is 19.1 Å². The third-order valence-corrected chi connectivity index (χ3v) is 5.91. The Bertz CT molecular complexity index is 471. The molecule has 3 atom stereocenters. The summed E-state index contributed by atoms with van der Waals surface area (Å²) in [6.45, 7) is 6.95. The average Bonchev–Trinajstić information content (AvgIpc) is 2.73. The van der Waals surface area contributed by atoms with Gasteiger partial charge in [-0.3, -0.25) is 9.59 Å². The van der Waals surface area contributed by atoms with E-state index < -0.39 is 0 Å². The first-order valence-corrected chi connectivity index (χ1v) is 12.1. The number of carbonyl (C=O) groups excluding carboxylic acids is 2. The standard InChI is InChI=1S/C25H44O4/c1-4-7-13-21(6-3)20-28-24(26)16-11-17-25(27)29-23(12-5-2)19-18-22-14-9-8-10-15-22/h9,14,21-23H,4-8,10-13,15-20H2,1-3H3. The molecular weight excluding hydrogens is 364 g/mol. The maximum Gasteiger partial charge on any atom is 0.306 e. The topological polar surface area (TPSA) is 52.6 Å². The van der Waals surface area contributed by atoms with Crippen molar-refractivity contribution in [1.82, 2.24) is 0 Å². The Morgan fingerprint density at radius 1 is 1.00 bits per heavy atom. The Morgan fingerprint density at radius 3 is 2.45 bits per heavy atom. The van der Waals surface area contributed by atoms with E-state index in [4.69, 9.17) is 9.47 Å². The molecule has 4 heteroatoms. The van der Waals surface area contributed by atoms with Gasteiger partial charge in [-0.15, -0.1) is 0 Å². The molecule has 1 aliphatic carbocycles. The van der Waals surface area contributed by atoms with E-state index in [1.54, 1.807) is 0 Å². The highest BCUT2D eigenvalue weighted by Crippen LogP contribution is 2.24. The lowest BCUT2D eigenvalue weighted by molar-refractivity contribution is -0.150. The van der Waals surface area contributed by atoms with Gasteiger partial charge in [0.2, 0.25) is 0 Å². The molecule has 4 nitrogen and oxygen atoms in total. The van der Waals surface area contributed by atoms with Crippen molar-refractivity contribution in [3.63, 3.8) is 0 Å². The number of unbranched alkanes of at least 4 members (excludes halogenated alkanes) is 1. The Labute approximate surface area is 178 Å². The molecule has 0 saturated heterocycles. The van der Waals surface area contributed by atoms with E-state index in [-0.39, 0.29) is 18.0 Å². The predicted octanol–water partition coefficient (Wildman–Crippen LogP) is 6.76. The molecule has 0 saturated carbocycles. The van der Waals surface area contributed by atoms with Gasteiger partial charge in [-0.2, -0.15) is 0 Å². The van der Waals surface area contributed by atoms with E-state index in [2.05, 4.69) is 32.9 Å². The van der Waals surface area contributed by atoms with Crippen LogP contribution in [0.3, 0.4) is 0 Å². The summed E-state index contributed by atoms with van der Waals surface area (Å²) in [5, 5.41) is 0. The van der Waals surface area contributed by atoms with Gasteiger partial charge in [0.15, 0.2) is 0 Å². The van der Waals surface area contributed by atoms with E-state index >= 15 is 0 Å². The normalized spacial score (nSPS) is 18.2. The van der Waals surface area contributed by atoms with Gasteiger partial charge >= 0.3 is 11.9 Å². The lowest BCUT2D eigenvalue weighted by atomic mass is 9.90. The number of ether oxygens (including phenoxy) is 2. The van der Waals surface area contributed by atoms with Crippen molar-refractivity contribution in [3.8, 4) is 0 Å². The zero-order chi connectivity index (χ0) is 21.3. The number of carbonyl (C=O) groups is 2. The number of hydrogen-bond donors (Lipinski definition) is 0. The molecule has 1 rings (SSSR count). The van der Waals surface area contributed by atoms with Crippen LogP contribution in [0, 0.1) is 11.8 Å². The van der Waals surface area contributed by atoms with Crippen LogP contribution >= 0.6 is 0 Å². The number of allylic oxidation sites excluding steroid dienone is 2. The first-order chi connectivity index (χ1) is 14.1. The zero-order valence-electron chi connectivity index (χ0n) is 19.1. The quantitative estimate of drug-likeness (QED) is 0.209. The number of esters is 2. The van der Waals surface area contributed by atoms with Gasteiger partial charge in [-0.05, 0) is 63.2 Å². The fraction of sp³-hybridized carbons (Fsp3) is 0.840. The highest BCUT2D eigenvalue weighted by atomic mass is 16.5. The minimum absolute atomic E-state index is 0.0126. The fourth-order valence-corrected chi connectivity index (χ4v) is 3.91. The van der Waals surface area contributed by atoms with Gasteiger partial charge in [-0.1, -0.05) is 58.6 Å². The van der Waals surface area contributed by atoms with Crippen molar-refractivity contribution in [2.45, 2.75) is 117 Å². The van der Waals surface area contributed by atoms with E-state index in [0.29, 0.717) is 37.7 Å². The molecule has 0 fully saturated rings. The SMILES string of the molecule is CCCCC(CC)COC(=O)CCCC(=O)OC(CCC)CCC1C=CCCC1. The molecule has 0 amide bonds. The van der Waals surface area contributed by atoms with E-state index in [1.165, 1.54) is 32.1 Å². The molecule has 168 valence electrons. The molecule has 0 aromatic carbocycles. The van der Waals surface area contributed by atoms with Crippen LogP contribution in [0.4, 0.5) is 0 Å². The molecule has 0 radical (unpaired) electrons. The summed E-state index contributed by atoms with van der Waals surface area (Å²) in [4.78, 5) is 24.1. The number of hydrogen-bond acceptors (Lipinski definition) is 4. The second kappa shape index (κ2) is 16.5. The molecule has 0 aliphatic heterocycles. The van der Waals surface area contributed by atoms with Gasteiger partial charge < -0.3 is 9.47 Å². The van der Waals surface area contributed by atoms with Crippen LogP contribution in [0.15, 0.2) is 12.2 Å². The minimum atomic E-state index is -0.193. The maximum absolute atomic E-state index is 12.2. The predicted molar refractivity (Wildman–Crippen MR) is 119 cm³/mol. The van der Waals surface area contributed by atoms with Crippen LogP contribution in [-0.4, -0.2) is 24.6 Å². The van der Waals surface area contributed by atoms with Gasteiger partial charge in [0.25, 0.3) is 0 Å². The van der Waals surface area contributed by atoms with Crippen molar-refractivity contribution in [3.05, 3.63) is 12.2 Å². The summed E-state index contributed by atoms with van der Waals surface area (Å²) in [5.74, 6) is 0.727. The molecule has 0 aromatic heterocycles. The van der Waals surface area contributed by atoms with Crippen molar-refractivity contribution in [1.29, 1.82) is 0 Å². The molecule has 0 heterocycles. The van der Waals surface area contributed by atoms with E-state index in [1.807, 2.05) is 0 Å². The third-order valence-electron chi connectivity index (χ3n) is 5.91. The summed E-state index contributed by atoms with van der Waals surface area (Å²) in [6.07, 6.45) is 17.9. The highest BCUT2D eigenvalue weighted by molar-refractivity contribution is 5.72. The lowest BCUT2D eigenvalue weighted by Gasteiger charge is -2.21. The van der Waals surface area contributed by atoms with E-state index in [9.17, 15) is 9.59 Å². The van der Waals surface area contributed by atoms with Crippen molar-refractivity contribution < 1.29 is 19.1 Å². The largest absolute Gasteiger partial charge is 0.465 e. The van der Waals surface area contributed by atoms with Crippen molar-refractivity contribution >= 4 is 11.9 Å². The molecule has 0 spiro atoms. The first-order valence-electron chi connectivity index (χ1n) is 12.1. The molecular formula is C25H44O4. The minimum Gasteiger partial charge on any atom is -0.465 e. The average molecular weight is 409 g/mol. The Hall–Kier alpha value is -1.32. The second-order valence-electron chi connectivity index (χ2n) is 8.55. The summed E-state index contributed by atoms with van der Waals surface area (Å²) in [5.41, 5.74) is 0. The van der Waals surface area contributed by atoms with Crippen LogP contribution < -0.4 is 0 Å². The lowest BCUT2D eigenvalue weighted by Crippen LogP contribution is -2.20. The molecule has 1 aliphatic rings. The first kappa shape index (κ1) is 25.7. The highest BCUT2D eigenvalue weighted by Gasteiger charge is 2.17. The van der Waals surface area contributed by atoms with Crippen molar-refractivity contribution in [2.24, 2.45) is 11.8 Å². The Balaban J connectivity index is 2.21. The fourth-order valence-electron chi connectivity index (χ4n) is 3.91. The Kier molecular flexibility index (Phi) is 14.6. The van der Waals surface area contributed by atoms with E-state index in [0.717, 1.165) is 38.5 Å². The Morgan fingerprint density at radius 2 is 1.79 bits per heavy atom. The van der Waals surface area contributed by atoms with Crippen molar-refractivity contribution in [2.75, 3.05) is 6.61 Å². The third kappa shape index (κ3) is 12.8. The maximum atomic E-state index is 12.2. The molecule has 29 heavy (non-hydrogen) atoms. The van der Waals surface area contributed by atoms with Crippen LogP contribution in [0.5, 0.6) is 0 Å². The molecule has 3 unspecified atom stereocenters. The molecule has 0 N–H and O–H groups in total. The summed E-state index contributed by atoms with van der Waals surface area (Å²) in [7, 11) is 0. The second-order valence-corrected chi connectivity index (χ2v) is 8.55. The van der Waals surface area contributed by atoms with Gasteiger partial charge in [0.05, 0.1) is 6.61 Å². The zero-order valence-corrected chi connectivity index (χ0v) is 19.1. The molecule has 0 bridgehead atoms. The monoisotopic (exact) mass is 408 g/mol. The summed E-state index contributed by atoms with van der Waals surface area (Å²) < 4.78 is 11.1. The smallest absolute Gasteiger partial charge is 0.306 e. The number of rotatable bonds is 16. The summed E-state index contributed by atoms with van der Waals surface area (Å²) >= 11 is 0. The van der Waals surface area contributed by atoms with Gasteiger partial charge in [-0.25, -0.2) is 0 Å². The van der Waals surface area contributed by atoms with Gasteiger partial charge in [0, 0.05) is 12.8 Å².